The van der Waals surface area contributed by atoms with Crippen molar-refractivity contribution in [3.63, 3.8) is 0 Å². The zero-order valence-electron chi connectivity index (χ0n) is 12.7. The first kappa shape index (κ1) is 16.6. The maximum atomic E-state index is 12.5. The number of hydrazone groups is 1. The molecule has 2 aromatic carbocycles. The first-order chi connectivity index (χ1) is 12.1. The van der Waals surface area contributed by atoms with E-state index in [4.69, 9.17) is 16.3 Å². The van der Waals surface area contributed by atoms with Gasteiger partial charge in [-0.1, -0.05) is 41.0 Å². The molecule has 3 rings (SSSR count). The number of ether oxygens (including phenoxy) is 1. The van der Waals surface area contributed by atoms with Crippen LogP contribution in [0.1, 0.15) is 21.5 Å². The molecule has 0 saturated carbocycles. The largest absolute Gasteiger partial charge is 0.408 e. The van der Waals surface area contributed by atoms with E-state index >= 15 is 0 Å². The molecule has 0 amide bonds. The molecule has 0 fully saturated rings. The number of fused-ring (bicyclic) bond motifs is 1. The van der Waals surface area contributed by atoms with Crippen LogP contribution in [0.25, 0.3) is 0 Å². The Labute approximate surface area is 147 Å². The number of aliphatic imine (C=N–C) groups is 1. The number of halogens is 1. The van der Waals surface area contributed by atoms with Crippen molar-refractivity contribution < 1.29 is 19.1 Å². The van der Waals surface area contributed by atoms with Gasteiger partial charge in [-0.05, 0) is 29.8 Å². The molecular formula is C17H10ClN3O4. The maximum Gasteiger partial charge on any atom is 0.341 e. The quantitative estimate of drug-likeness (QED) is 0.478. The van der Waals surface area contributed by atoms with E-state index in [2.05, 4.69) is 10.1 Å². The van der Waals surface area contributed by atoms with Crippen LogP contribution in [0.2, 0.25) is 5.02 Å². The molecule has 0 aromatic heterocycles. The summed E-state index contributed by atoms with van der Waals surface area (Å²) in [6, 6.07) is 12.8. The number of hydrogen-bond donors (Lipinski definition) is 0. The highest BCUT2D eigenvalue weighted by Crippen LogP contribution is 2.42. The Morgan fingerprint density at radius 1 is 1.12 bits per heavy atom. The van der Waals surface area contributed by atoms with Crippen LogP contribution in [0.5, 0.6) is 0 Å². The van der Waals surface area contributed by atoms with E-state index in [9.17, 15) is 14.4 Å². The molecule has 124 valence electrons. The van der Waals surface area contributed by atoms with Gasteiger partial charge in [-0.2, -0.15) is 0 Å². The number of hydrogen-bond acceptors (Lipinski definition) is 7. The normalized spacial score (nSPS) is 17.9. The first-order valence-corrected chi connectivity index (χ1v) is 7.50. The molecule has 25 heavy (non-hydrogen) atoms. The smallest absolute Gasteiger partial charge is 0.341 e. The minimum Gasteiger partial charge on any atom is -0.408 e. The number of rotatable bonds is 4. The second-order valence-corrected chi connectivity index (χ2v) is 5.55. The van der Waals surface area contributed by atoms with E-state index in [1.54, 1.807) is 24.3 Å². The van der Waals surface area contributed by atoms with E-state index in [0.717, 1.165) is 5.01 Å². The molecule has 0 saturated heterocycles. The second kappa shape index (κ2) is 6.71. The van der Waals surface area contributed by atoms with Crippen molar-refractivity contribution in [2.75, 3.05) is 0 Å². The van der Waals surface area contributed by atoms with Crippen LogP contribution >= 0.6 is 11.6 Å². The molecule has 0 bridgehead atoms. The molecular weight excluding hydrogens is 346 g/mol. The molecule has 1 unspecified atom stereocenters. The van der Waals surface area contributed by atoms with Gasteiger partial charge in [0, 0.05) is 10.6 Å². The number of nitrogens with zero attached hydrogens (tertiary/aromatic N) is 3. The molecule has 2 aromatic rings. The second-order valence-electron chi connectivity index (χ2n) is 5.11. The van der Waals surface area contributed by atoms with Crippen LogP contribution in [-0.4, -0.2) is 23.1 Å². The fraction of sp³-hybridized carbons (Fsp3) is 0.118. The summed E-state index contributed by atoms with van der Waals surface area (Å²) >= 11 is 5.81. The molecule has 1 atom stereocenters. The molecule has 1 aliphatic heterocycles. The lowest BCUT2D eigenvalue weighted by atomic mass is 10.1. The van der Waals surface area contributed by atoms with Crippen molar-refractivity contribution >= 4 is 29.7 Å². The van der Waals surface area contributed by atoms with E-state index in [1.807, 2.05) is 0 Å². The average Bonchev–Trinajstić information content (AvgIpc) is 2.90. The molecule has 1 heterocycles. The summed E-state index contributed by atoms with van der Waals surface area (Å²) in [6.45, 7) is 0.116. The van der Waals surface area contributed by atoms with Crippen LogP contribution in [-0.2, 0) is 26.7 Å². The highest BCUT2D eigenvalue weighted by molar-refractivity contribution is 6.30. The van der Waals surface area contributed by atoms with Gasteiger partial charge in [0.1, 0.15) is 0 Å². The summed E-state index contributed by atoms with van der Waals surface area (Å²) in [4.78, 5) is 38.0. The third kappa shape index (κ3) is 2.95. The zero-order valence-corrected chi connectivity index (χ0v) is 13.4. The van der Waals surface area contributed by atoms with Gasteiger partial charge in [0.15, 0.2) is 0 Å². The van der Waals surface area contributed by atoms with Gasteiger partial charge in [-0.25, -0.2) is 19.4 Å². The van der Waals surface area contributed by atoms with Gasteiger partial charge < -0.3 is 4.74 Å². The molecule has 8 heteroatoms. The molecule has 0 spiro atoms. The summed E-state index contributed by atoms with van der Waals surface area (Å²) < 4.78 is 5.50. The van der Waals surface area contributed by atoms with Crippen LogP contribution in [0.15, 0.2) is 58.6 Å². The fourth-order valence-electron chi connectivity index (χ4n) is 2.62. The van der Waals surface area contributed by atoms with Crippen molar-refractivity contribution in [2.24, 2.45) is 10.1 Å². The van der Waals surface area contributed by atoms with E-state index in [0.29, 0.717) is 16.1 Å². The lowest BCUT2D eigenvalue weighted by molar-refractivity contribution is -0.111. The highest BCUT2D eigenvalue weighted by atomic mass is 35.5. The Kier molecular flexibility index (Phi) is 4.46. The van der Waals surface area contributed by atoms with E-state index < -0.39 is 11.8 Å². The Balaban J connectivity index is 2.08. The predicted molar refractivity (Wildman–Crippen MR) is 86.8 cm³/mol. The topological polar surface area (TPSA) is 88.4 Å². The Bertz CT molecular complexity index is 918. The number of benzene rings is 2. The Morgan fingerprint density at radius 2 is 1.84 bits per heavy atom. The van der Waals surface area contributed by atoms with Gasteiger partial charge in [0.05, 0.1) is 12.1 Å². The summed E-state index contributed by atoms with van der Waals surface area (Å²) in [5.74, 6) is -2.68. The van der Waals surface area contributed by atoms with Crippen molar-refractivity contribution in [3.8, 4) is 0 Å². The molecule has 0 N–H and O–H groups in total. The average molecular weight is 356 g/mol. The fourth-order valence-corrected chi connectivity index (χ4v) is 2.75. The molecule has 1 aliphatic rings. The van der Waals surface area contributed by atoms with Crippen LogP contribution < -0.4 is 0 Å². The third-order valence-electron chi connectivity index (χ3n) is 3.71. The van der Waals surface area contributed by atoms with Gasteiger partial charge in [-0.3, -0.25) is 0 Å². The van der Waals surface area contributed by atoms with Crippen molar-refractivity contribution in [3.05, 3.63) is 70.2 Å². The van der Waals surface area contributed by atoms with Gasteiger partial charge in [0.25, 0.3) is 6.08 Å². The van der Waals surface area contributed by atoms with Crippen LogP contribution in [0, 0.1) is 0 Å². The summed E-state index contributed by atoms with van der Waals surface area (Å²) in [5.41, 5.74) is 1.31. The lowest BCUT2D eigenvalue weighted by Gasteiger charge is -2.30. The van der Waals surface area contributed by atoms with Crippen LogP contribution in [0.4, 0.5) is 0 Å². The van der Waals surface area contributed by atoms with Crippen molar-refractivity contribution in [1.82, 2.24) is 5.01 Å². The predicted octanol–water partition coefficient (Wildman–Crippen LogP) is 2.71. The maximum absolute atomic E-state index is 12.5. The van der Waals surface area contributed by atoms with Crippen LogP contribution in [0.3, 0.4) is 0 Å². The molecule has 0 aliphatic carbocycles. The standard InChI is InChI=1S/C17H10ClN3O4/c18-14-7-5-12(6-8-14)16(24)25-17(19-10-22)15-4-2-1-3-13(15)9-21(17)20-11-23/h1-8H,9H2. The van der Waals surface area contributed by atoms with Gasteiger partial charge in [-0.15, -0.1) is 4.99 Å². The van der Waals surface area contributed by atoms with E-state index in [-0.39, 0.29) is 12.1 Å². The van der Waals surface area contributed by atoms with Crippen molar-refractivity contribution in [2.45, 2.75) is 12.4 Å². The van der Waals surface area contributed by atoms with E-state index in [1.165, 1.54) is 36.4 Å². The zero-order chi connectivity index (χ0) is 17.9. The van der Waals surface area contributed by atoms with Crippen molar-refractivity contribution in [1.29, 1.82) is 0 Å². The summed E-state index contributed by atoms with van der Waals surface area (Å²) in [7, 11) is 0. The number of isocyanates is 2. The monoisotopic (exact) mass is 355 g/mol. The number of esters is 1. The molecule has 0 radical (unpaired) electrons. The Morgan fingerprint density at radius 3 is 2.52 bits per heavy atom. The summed E-state index contributed by atoms with van der Waals surface area (Å²) in [6.07, 6.45) is 2.77. The number of carbonyl (C=O) groups excluding carboxylic acids is 3. The number of carbonyl (C=O) groups is 1. The first-order valence-electron chi connectivity index (χ1n) is 7.12. The minimum atomic E-state index is -1.91. The molecule has 7 nitrogen and oxygen atoms in total. The minimum absolute atomic E-state index is 0.116. The van der Waals surface area contributed by atoms with Gasteiger partial charge in [0.2, 0.25) is 6.08 Å². The Hall–Kier alpha value is -3.24. The summed E-state index contributed by atoms with van der Waals surface area (Å²) in [5, 5.41) is 5.06. The lowest BCUT2D eigenvalue weighted by Crippen LogP contribution is -2.40. The highest BCUT2D eigenvalue weighted by Gasteiger charge is 2.50. The van der Waals surface area contributed by atoms with Gasteiger partial charge >= 0.3 is 11.8 Å². The third-order valence-corrected chi connectivity index (χ3v) is 3.96. The SMILES string of the molecule is O=C=NN1Cc2ccccc2C1(N=C=O)OC(=O)c1ccc(Cl)cc1.